The summed E-state index contributed by atoms with van der Waals surface area (Å²) >= 11 is 0. The first-order valence-electron chi connectivity index (χ1n) is 9.51. The van der Waals surface area contributed by atoms with E-state index < -0.39 is 4.92 Å². The zero-order valence-corrected chi connectivity index (χ0v) is 16.8. The van der Waals surface area contributed by atoms with Gasteiger partial charge in [0.2, 0.25) is 11.6 Å². The van der Waals surface area contributed by atoms with Gasteiger partial charge < -0.3 is 20.1 Å². The number of benzene rings is 2. The fraction of sp³-hybridized carbons (Fsp3) is 0.238. The normalized spacial score (nSPS) is 10.3. The molecule has 0 saturated carbocycles. The van der Waals surface area contributed by atoms with Crippen molar-refractivity contribution in [1.82, 2.24) is 9.97 Å². The Kier molecular flexibility index (Phi) is 6.99. The number of nitrogens with zero attached hydrogens (tertiary/aromatic N) is 3. The summed E-state index contributed by atoms with van der Waals surface area (Å²) in [6.07, 6.45) is 3.31. The molecule has 0 fully saturated rings. The van der Waals surface area contributed by atoms with Gasteiger partial charge in [-0.1, -0.05) is 13.3 Å². The van der Waals surface area contributed by atoms with Crippen LogP contribution in [0.2, 0.25) is 0 Å². The lowest BCUT2D eigenvalue weighted by molar-refractivity contribution is -0.383. The SMILES string of the molecule is CCCCOc1ccc(Nc2ncnc(Nc3ccc(OC)cc3)c2[N+](=O)[O-])cc1. The Morgan fingerprint density at radius 2 is 1.47 bits per heavy atom. The third kappa shape index (κ3) is 5.34. The molecule has 1 aromatic heterocycles. The zero-order chi connectivity index (χ0) is 21.3. The third-order valence-corrected chi connectivity index (χ3v) is 4.24. The van der Waals surface area contributed by atoms with Crippen molar-refractivity contribution in [2.75, 3.05) is 24.4 Å². The fourth-order valence-electron chi connectivity index (χ4n) is 2.65. The molecule has 2 N–H and O–H groups in total. The van der Waals surface area contributed by atoms with Gasteiger partial charge in [0.05, 0.1) is 18.6 Å². The molecule has 0 saturated heterocycles. The van der Waals surface area contributed by atoms with Gasteiger partial charge in [-0.05, 0) is 55.0 Å². The molecule has 0 atom stereocenters. The van der Waals surface area contributed by atoms with Crippen LogP contribution in [0.1, 0.15) is 19.8 Å². The second-order valence-corrected chi connectivity index (χ2v) is 6.38. The first-order chi connectivity index (χ1) is 14.6. The first kappa shape index (κ1) is 20.8. The number of ether oxygens (including phenoxy) is 2. The van der Waals surface area contributed by atoms with Crippen LogP contribution in [0, 0.1) is 10.1 Å². The van der Waals surface area contributed by atoms with Gasteiger partial charge in [0, 0.05) is 11.4 Å². The summed E-state index contributed by atoms with van der Waals surface area (Å²) in [4.78, 5) is 19.3. The van der Waals surface area contributed by atoms with Crippen LogP contribution in [0.25, 0.3) is 0 Å². The Balaban J connectivity index is 1.79. The minimum Gasteiger partial charge on any atom is -0.497 e. The Bertz CT molecular complexity index is 978. The number of methoxy groups -OCH3 is 1. The summed E-state index contributed by atoms with van der Waals surface area (Å²) in [7, 11) is 1.57. The van der Waals surface area contributed by atoms with Crippen LogP contribution in [-0.4, -0.2) is 28.6 Å². The maximum absolute atomic E-state index is 11.7. The predicted molar refractivity (Wildman–Crippen MR) is 115 cm³/mol. The number of unbranched alkanes of at least 4 members (excludes halogenated alkanes) is 1. The molecule has 0 spiro atoms. The van der Waals surface area contributed by atoms with E-state index in [2.05, 4.69) is 27.5 Å². The monoisotopic (exact) mass is 409 g/mol. The first-order valence-corrected chi connectivity index (χ1v) is 9.51. The van der Waals surface area contributed by atoms with Gasteiger partial charge in [0.15, 0.2) is 0 Å². The molecule has 9 heteroatoms. The van der Waals surface area contributed by atoms with Crippen molar-refractivity contribution >= 4 is 28.7 Å². The molecule has 0 radical (unpaired) electrons. The van der Waals surface area contributed by atoms with Gasteiger partial charge in [-0.15, -0.1) is 0 Å². The summed E-state index contributed by atoms with van der Waals surface area (Å²) in [6, 6.07) is 14.2. The molecule has 0 amide bonds. The fourth-order valence-corrected chi connectivity index (χ4v) is 2.65. The van der Waals surface area contributed by atoms with Crippen molar-refractivity contribution in [2.24, 2.45) is 0 Å². The topological polar surface area (TPSA) is 111 Å². The van der Waals surface area contributed by atoms with E-state index in [9.17, 15) is 10.1 Å². The van der Waals surface area contributed by atoms with E-state index in [-0.39, 0.29) is 17.3 Å². The number of hydrogen-bond donors (Lipinski definition) is 2. The van der Waals surface area contributed by atoms with E-state index in [0.29, 0.717) is 23.7 Å². The zero-order valence-electron chi connectivity index (χ0n) is 16.8. The smallest absolute Gasteiger partial charge is 0.353 e. The van der Waals surface area contributed by atoms with Crippen LogP contribution in [0.4, 0.5) is 28.7 Å². The van der Waals surface area contributed by atoms with Crippen LogP contribution in [-0.2, 0) is 0 Å². The average Bonchev–Trinajstić information content (AvgIpc) is 2.75. The summed E-state index contributed by atoms with van der Waals surface area (Å²) in [5, 5.41) is 17.7. The molecular weight excluding hydrogens is 386 g/mol. The Morgan fingerprint density at radius 3 is 1.93 bits per heavy atom. The lowest BCUT2D eigenvalue weighted by Crippen LogP contribution is -2.05. The highest BCUT2D eigenvalue weighted by molar-refractivity contribution is 5.76. The molecule has 0 bridgehead atoms. The number of rotatable bonds is 10. The molecule has 3 rings (SSSR count). The van der Waals surface area contributed by atoms with Crippen LogP contribution in [0.3, 0.4) is 0 Å². The summed E-state index contributed by atoms with van der Waals surface area (Å²) in [6.45, 7) is 2.75. The summed E-state index contributed by atoms with van der Waals surface area (Å²) in [5.41, 5.74) is 1.03. The molecule has 2 aromatic carbocycles. The van der Waals surface area contributed by atoms with Crippen molar-refractivity contribution in [1.29, 1.82) is 0 Å². The van der Waals surface area contributed by atoms with Crippen LogP contribution >= 0.6 is 0 Å². The van der Waals surface area contributed by atoms with Gasteiger partial charge in [0.25, 0.3) is 0 Å². The largest absolute Gasteiger partial charge is 0.497 e. The Hall–Kier alpha value is -3.88. The maximum atomic E-state index is 11.7. The molecule has 30 heavy (non-hydrogen) atoms. The summed E-state index contributed by atoms with van der Waals surface area (Å²) < 4.78 is 10.8. The number of nitro groups is 1. The van der Waals surface area contributed by atoms with Crippen molar-refractivity contribution in [2.45, 2.75) is 19.8 Å². The predicted octanol–water partition coefficient (Wildman–Crippen LogP) is 5.06. The second-order valence-electron chi connectivity index (χ2n) is 6.38. The van der Waals surface area contributed by atoms with E-state index in [0.717, 1.165) is 18.6 Å². The number of anilines is 4. The second kappa shape index (κ2) is 10.1. The molecule has 1 heterocycles. The summed E-state index contributed by atoms with van der Waals surface area (Å²) in [5.74, 6) is 1.60. The molecule has 156 valence electrons. The van der Waals surface area contributed by atoms with Gasteiger partial charge >= 0.3 is 5.69 Å². The van der Waals surface area contributed by atoms with Crippen molar-refractivity contribution < 1.29 is 14.4 Å². The highest BCUT2D eigenvalue weighted by Crippen LogP contribution is 2.33. The number of nitrogens with one attached hydrogen (secondary N) is 2. The van der Waals surface area contributed by atoms with E-state index in [1.807, 2.05) is 12.1 Å². The molecule has 3 aromatic rings. The van der Waals surface area contributed by atoms with Crippen LogP contribution < -0.4 is 20.1 Å². The van der Waals surface area contributed by atoms with Crippen molar-refractivity contribution in [3.8, 4) is 11.5 Å². The van der Waals surface area contributed by atoms with E-state index in [1.54, 1.807) is 43.5 Å². The third-order valence-electron chi connectivity index (χ3n) is 4.24. The number of aromatic nitrogens is 2. The van der Waals surface area contributed by atoms with Crippen LogP contribution in [0.5, 0.6) is 11.5 Å². The molecule has 9 nitrogen and oxygen atoms in total. The van der Waals surface area contributed by atoms with E-state index >= 15 is 0 Å². The highest BCUT2D eigenvalue weighted by atomic mass is 16.6. The van der Waals surface area contributed by atoms with Gasteiger partial charge in [-0.25, -0.2) is 9.97 Å². The van der Waals surface area contributed by atoms with Crippen molar-refractivity contribution in [3.05, 3.63) is 65.0 Å². The average molecular weight is 409 g/mol. The molecule has 0 unspecified atom stereocenters. The van der Waals surface area contributed by atoms with E-state index in [4.69, 9.17) is 9.47 Å². The maximum Gasteiger partial charge on any atom is 0.353 e. The van der Waals surface area contributed by atoms with Crippen molar-refractivity contribution in [3.63, 3.8) is 0 Å². The Morgan fingerprint density at radius 1 is 0.933 bits per heavy atom. The Labute approximate surface area is 174 Å². The molecule has 0 aliphatic rings. The lowest BCUT2D eigenvalue weighted by atomic mass is 10.3. The van der Waals surface area contributed by atoms with Gasteiger partial charge in [0.1, 0.15) is 17.8 Å². The minimum atomic E-state index is -0.517. The molecule has 0 aliphatic heterocycles. The lowest BCUT2D eigenvalue weighted by Gasteiger charge is -2.11. The van der Waals surface area contributed by atoms with Gasteiger partial charge in [-0.2, -0.15) is 0 Å². The van der Waals surface area contributed by atoms with Crippen LogP contribution in [0.15, 0.2) is 54.9 Å². The van der Waals surface area contributed by atoms with E-state index in [1.165, 1.54) is 6.33 Å². The standard InChI is InChI=1S/C21H23N5O4/c1-3-4-13-30-18-11-7-16(8-12-18)25-21-19(26(27)28)20(22-14-23-21)24-15-5-9-17(29-2)10-6-15/h5-12,14H,3-4,13H2,1-2H3,(H2,22,23,24,25). The number of hydrogen-bond acceptors (Lipinski definition) is 8. The molecular formula is C21H23N5O4. The highest BCUT2D eigenvalue weighted by Gasteiger charge is 2.23. The minimum absolute atomic E-state index is 0.0854. The molecule has 0 aliphatic carbocycles. The van der Waals surface area contributed by atoms with Gasteiger partial charge in [-0.3, -0.25) is 10.1 Å². The quantitative estimate of drug-likeness (QED) is 0.271.